The monoisotopic (exact) mass is 224 g/mol. The van der Waals surface area contributed by atoms with Gasteiger partial charge in [-0.15, -0.1) is 0 Å². The van der Waals surface area contributed by atoms with Crippen LogP contribution < -0.4 is 5.73 Å². The summed E-state index contributed by atoms with van der Waals surface area (Å²) in [5.74, 6) is 0. The van der Waals surface area contributed by atoms with E-state index in [4.69, 9.17) is 5.73 Å². The van der Waals surface area contributed by atoms with E-state index in [0.29, 0.717) is 0 Å². The number of hydrogen-bond donors (Lipinski definition) is 1. The number of hydrogen-bond acceptors (Lipinski definition) is 3. The third kappa shape index (κ3) is 3.94. The molecule has 16 heavy (non-hydrogen) atoms. The van der Waals surface area contributed by atoms with Crippen LogP contribution in [-0.4, -0.2) is 34.3 Å². The third-order valence-electron chi connectivity index (χ3n) is 2.76. The quantitative estimate of drug-likeness (QED) is 0.792. The third-order valence-corrected chi connectivity index (χ3v) is 2.76. The lowest BCUT2D eigenvalue weighted by molar-refractivity contribution is 0.296. The first kappa shape index (κ1) is 13.2. The van der Waals surface area contributed by atoms with Crippen molar-refractivity contribution in [1.82, 2.24) is 14.7 Å². The van der Waals surface area contributed by atoms with Crippen LogP contribution in [0, 0.1) is 6.92 Å². The van der Waals surface area contributed by atoms with E-state index in [9.17, 15) is 0 Å². The van der Waals surface area contributed by atoms with E-state index in [-0.39, 0.29) is 6.04 Å². The minimum Gasteiger partial charge on any atom is -0.327 e. The number of likely N-dealkylation sites (N-methyl/N-ethyl adjacent to an activating group) is 1. The Labute approximate surface area is 98.4 Å². The van der Waals surface area contributed by atoms with Crippen molar-refractivity contribution >= 4 is 0 Å². The van der Waals surface area contributed by atoms with Gasteiger partial charge in [-0.2, -0.15) is 5.10 Å². The van der Waals surface area contributed by atoms with Gasteiger partial charge in [0.15, 0.2) is 0 Å². The number of nitrogens with zero attached hydrogens (tertiary/aromatic N) is 3. The molecule has 92 valence electrons. The van der Waals surface area contributed by atoms with Gasteiger partial charge in [-0.25, -0.2) is 0 Å². The van der Waals surface area contributed by atoms with Gasteiger partial charge in [0.2, 0.25) is 0 Å². The summed E-state index contributed by atoms with van der Waals surface area (Å²) in [7, 11) is 4.07. The Hall–Kier alpha value is -0.870. The SMILES string of the molecule is CCC[C@@H](N)CN(C)Cc1cn(C)nc1C. The summed E-state index contributed by atoms with van der Waals surface area (Å²) in [5, 5.41) is 4.34. The highest BCUT2D eigenvalue weighted by molar-refractivity contribution is 5.14. The maximum atomic E-state index is 6.02. The lowest BCUT2D eigenvalue weighted by atomic mass is 10.1. The van der Waals surface area contributed by atoms with Crippen LogP contribution in [0.25, 0.3) is 0 Å². The minimum atomic E-state index is 0.284. The lowest BCUT2D eigenvalue weighted by Crippen LogP contribution is -2.34. The van der Waals surface area contributed by atoms with Crippen molar-refractivity contribution in [3.05, 3.63) is 17.5 Å². The van der Waals surface area contributed by atoms with Gasteiger partial charge in [-0.1, -0.05) is 13.3 Å². The molecule has 1 rings (SSSR count). The second-order valence-corrected chi connectivity index (χ2v) is 4.66. The maximum Gasteiger partial charge on any atom is 0.0638 e. The first-order valence-corrected chi connectivity index (χ1v) is 5.96. The summed E-state index contributed by atoms with van der Waals surface area (Å²) < 4.78 is 1.87. The summed E-state index contributed by atoms with van der Waals surface area (Å²) in [6.45, 7) is 6.10. The average Bonchev–Trinajstić information content (AvgIpc) is 2.44. The molecular weight excluding hydrogens is 200 g/mol. The molecule has 0 amide bonds. The maximum absolute atomic E-state index is 6.02. The van der Waals surface area contributed by atoms with E-state index in [1.54, 1.807) is 0 Å². The molecule has 0 spiro atoms. The highest BCUT2D eigenvalue weighted by Gasteiger charge is 2.09. The predicted octanol–water partition coefficient (Wildman–Crippen LogP) is 1.29. The summed E-state index contributed by atoms with van der Waals surface area (Å²) in [4.78, 5) is 2.27. The minimum absolute atomic E-state index is 0.284. The summed E-state index contributed by atoms with van der Waals surface area (Å²) in [5.41, 5.74) is 8.42. The van der Waals surface area contributed by atoms with Crippen LogP contribution in [0.15, 0.2) is 6.20 Å². The van der Waals surface area contributed by atoms with Crippen LogP contribution >= 0.6 is 0 Å². The molecule has 1 aromatic heterocycles. The summed E-state index contributed by atoms with van der Waals surface area (Å²) in [6, 6.07) is 0.284. The van der Waals surface area contributed by atoms with E-state index < -0.39 is 0 Å². The highest BCUT2D eigenvalue weighted by Crippen LogP contribution is 2.08. The van der Waals surface area contributed by atoms with Gasteiger partial charge >= 0.3 is 0 Å². The second kappa shape index (κ2) is 6.01. The predicted molar refractivity (Wildman–Crippen MR) is 67.2 cm³/mol. The molecule has 0 unspecified atom stereocenters. The van der Waals surface area contributed by atoms with E-state index in [1.165, 1.54) is 5.56 Å². The molecule has 0 saturated heterocycles. The van der Waals surface area contributed by atoms with Gasteiger partial charge in [0, 0.05) is 37.9 Å². The van der Waals surface area contributed by atoms with Crippen molar-refractivity contribution in [3.8, 4) is 0 Å². The van der Waals surface area contributed by atoms with E-state index in [2.05, 4.69) is 37.1 Å². The molecule has 1 aromatic rings. The molecule has 2 N–H and O–H groups in total. The molecule has 0 fully saturated rings. The molecule has 1 atom stereocenters. The molecule has 4 nitrogen and oxygen atoms in total. The fraction of sp³-hybridized carbons (Fsp3) is 0.750. The van der Waals surface area contributed by atoms with Crippen LogP contribution in [0.5, 0.6) is 0 Å². The molecule has 0 aliphatic heterocycles. The molecule has 0 bridgehead atoms. The molecule has 1 heterocycles. The van der Waals surface area contributed by atoms with Gasteiger partial charge in [-0.3, -0.25) is 4.68 Å². The standard InChI is InChI=1S/C12H24N4/c1-5-6-12(13)9-15(3)7-11-8-16(4)14-10(11)2/h8,12H,5-7,9,13H2,1-4H3/t12-/m1/s1. The molecule has 0 saturated carbocycles. The van der Waals surface area contributed by atoms with Crippen LogP contribution in [0.3, 0.4) is 0 Å². The van der Waals surface area contributed by atoms with Gasteiger partial charge in [-0.05, 0) is 20.4 Å². The Bertz CT molecular complexity index is 319. The zero-order valence-corrected chi connectivity index (χ0v) is 10.9. The average molecular weight is 224 g/mol. The largest absolute Gasteiger partial charge is 0.327 e. The van der Waals surface area contributed by atoms with Crippen molar-refractivity contribution in [2.24, 2.45) is 12.8 Å². The Morgan fingerprint density at radius 3 is 2.75 bits per heavy atom. The van der Waals surface area contributed by atoms with Crippen molar-refractivity contribution in [1.29, 1.82) is 0 Å². The fourth-order valence-corrected chi connectivity index (χ4v) is 2.02. The molecular formula is C12H24N4. The summed E-state index contributed by atoms with van der Waals surface area (Å²) in [6.07, 6.45) is 4.33. The molecule has 0 aromatic carbocycles. The fourth-order valence-electron chi connectivity index (χ4n) is 2.02. The zero-order chi connectivity index (χ0) is 12.1. The highest BCUT2D eigenvalue weighted by atomic mass is 15.3. The Kier molecular flexibility index (Phi) is 4.96. The molecule has 4 heteroatoms. The normalized spacial score (nSPS) is 13.4. The van der Waals surface area contributed by atoms with Crippen molar-refractivity contribution < 1.29 is 0 Å². The molecule has 0 radical (unpaired) electrons. The van der Waals surface area contributed by atoms with E-state index >= 15 is 0 Å². The first-order valence-electron chi connectivity index (χ1n) is 5.96. The van der Waals surface area contributed by atoms with Crippen LogP contribution in [0.4, 0.5) is 0 Å². The number of aromatic nitrogens is 2. The number of nitrogens with two attached hydrogens (primary N) is 1. The second-order valence-electron chi connectivity index (χ2n) is 4.66. The van der Waals surface area contributed by atoms with Gasteiger partial charge in [0.1, 0.15) is 0 Å². The van der Waals surface area contributed by atoms with Crippen LogP contribution in [0.1, 0.15) is 31.0 Å². The number of aryl methyl sites for hydroxylation is 2. The van der Waals surface area contributed by atoms with Gasteiger partial charge in [0.25, 0.3) is 0 Å². The van der Waals surface area contributed by atoms with E-state index in [1.807, 2.05) is 11.7 Å². The molecule has 0 aliphatic rings. The number of rotatable bonds is 6. The Morgan fingerprint density at radius 2 is 2.25 bits per heavy atom. The summed E-state index contributed by atoms with van der Waals surface area (Å²) >= 11 is 0. The Morgan fingerprint density at radius 1 is 1.56 bits per heavy atom. The molecule has 0 aliphatic carbocycles. The van der Waals surface area contributed by atoms with E-state index in [0.717, 1.165) is 31.6 Å². The first-order chi connectivity index (χ1) is 7.52. The Balaban J connectivity index is 2.45. The van der Waals surface area contributed by atoms with Gasteiger partial charge in [0.05, 0.1) is 5.69 Å². The van der Waals surface area contributed by atoms with Crippen molar-refractivity contribution in [2.45, 2.75) is 39.3 Å². The smallest absolute Gasteiger partial charge is 0.0638 e. The zero-order valence-electron chi connectivity index (χ0n) is 10.9. The van der Waals surface area contributed by atoms with Crippen molar-refractivity contribution in [2.75, 3.05) is 13.6 Å². The van der Waals surface area contributed by atoms with Crippen molar-refractivity contribution in [3.63, 3.8) is 0 Å². The van der Waals surface area contributed by atoms with Gasteiger partial charge < -0.3 is 10.6 Å². The lowest BCUT2D eigenvalue weighted by Gasteiger charge is -2.20. The van der Waals surface area contributed by atoms with Crippen LogP contribution in [0.2, 0.25) is 0 Å². The van der Waals surface area contributed by atoms with Crippen LogP contribution in [-0.2, 0) is 13.6 Å². The topological polar surface area (TPSA) is 47.1 Å².